The molecule has 0 bridgehead atoms. The van der Waals surface area contributed by atoms with Crippen LogP contribution in [-0.2, 0) is 6.42 Å². The van der Waals surface area contributed by atoms with Gasteiger partial charge in [-0.2, -0.15) is 30.7 Å². The van der Waals surface area contributed by atoms with Crippen LogP contribution in [0.5, 0.6) is 0 Å². The molecule has 3 nitrogen and oxygen atoms in total. The quantitative estimate of drug-likeness (QED) is 0.849. The van der Waals surface area contributed by atoms with E-state index >= 15 is 0 Å². The number of aromatic nitrogens is 1. The number of benzene rings is 1. The van der Waals surface area contributed by atoms with Crippen molar-refractivity contribution in [3.63, 3.8) is 0 Å². The first kappa shape index (κ1) is 18.2. The summed E-state index contributed by atoms with van der Waals surface area (Å²) in [5, 5.41) is 9.10. The number of aliphatic hydroxyl groups excluding tert-OH is 1. The molecule has 132 valence electrons. The van der Waals surface area contributed by atoms with Crippen molar-refractivity contribution in [2.75, 3.05) is 6.61 Å². The fourth-order valence-corrected chi connectivity index (χ4v) is 2.20. The van der Waals surface area contributed by atoms with Gasteiger partial charge in [0.25, 0.3) is 0 Å². The minimum Gasteiger partial charge on any atom is -0.396 e. The normalized spacial score (nSPS) is 13.5. The second-order valence-corrected chi connectivity index (χ2v) is 4.97. The van der Waals surface area contributed by atoms with Crippen LogP contribution in [0.25, 0.3) is 10.9 Å². The molecule has 0 saturated carbocycles. The van der Waals surface area contributed by atoms with Crippen LogP contribution in [-0.4, -0.2) is 40.2 Å². The van der Waals surface area contributed by atoms with Crippen molar-refractivity contribution in [1.29, 1.82) is 0 Å². The van der Waals surface area contributed by atoms with Crippen molar-refractivity contribution in [2.45, 2.75) is 24.4 Å². The van der Waals surface area contributed by atoms with Gasteiger partial charge in [0.1, 0.15) is 0 Å². The summed E-state index contributed by atoms with van der Waals surface area (Å²) in [6.45, 7) is -0.433. The molecule has 10 heteroatoms. The van der Waals surface area contributed by atoms with Gasteiger partial charge >= 0.3 is 23.9 Å². The molecule has 0 aliphatic carbocycles. The van der Waals surface area contributed by atoms with E-state index in [2.05, 4.69) is 0 Å². The number of carbonyl (C=O) groups excluding carboxylic acids is 1. The molecule has 1 N–H and O–H groups in total. The molecular formula is C14H10F7NO2. The maximum atomic E-state index is 13.6. The minimum atomic E-state index is -6.59. The molecule has 0 unspecified atom stereocenters. The molecule has 0 amide bonds. The van der Waals surface area contributed by atoms with E-state index in [1.54, 1.807) is 0 Å². The molecule has 1 aromatic carbocycles. The number of hydrogen-bond donors (Lipinski definition) is 1. The van der Waals surface area contributed by atoms with Gasteiger partial charge in [-0.15, -0.1) is 0 Å². The summed E-state index contributed by atoms with van der Waals surface area (Å²) in [5.74, 6) is -15.2. The second-order valence-electron chi connectivity index (χ2n) is 4.97. The number of rotatable bonds is 4. The zero-order valence-electron chi connectivity index (χ0n) is 11.7. The van der Waals surface area contributed by atoms with Gasteiger partial charge in [0.05, 0.1) is 5.52 Å². The standard InChI is InChI=1S/C14H10F7NO2/c15-12(16,13(17,18)14(19,20)21)11(24)22-7-8(5-6-23)9-3-1-2-4-10(9)22/h1-4,7,23H,5-6H2. The lowest BCUT2D eigenvalue weighted by molar-refractivity contribution is -0.340. The smallest absolute Gasteiger partial charge is 0.396 e. The first-order valence-electron chi connectivity index (χ1n) is 6.52. The van der Waals surface area contributed by atoms with Crippen LogP contribution in [0.2, 0.25) is 0 Å². The Bertz CT molecular complexity index is 764. The first-order valence-corrected chi connectivity index (χ1v) is 6.52. The second kappa shape index (κ2) is 5.76. The Balaban J connectivity index is 2.60. The van der Waals surface area contributed by atoms with E-state index in [-0.39, 0.29) is 27.5 Å². The van der Waals surface area contributed by atoms with Crippen LogP contribution in [0.3, 0.4) is 0 Å². The third kappa shape index (κ3) is 2.64. The number of hydrogen-bond acceptors (Lipinski definition) is 2. The molecule has 24 heavy (non-hydrogen) atoms. The molecular weight excluding hydrogens is 347 g/mol. The van der Waals surface area contributed by atoms with E-state index in [1.165, 1.54) is 18.2 Å². The molecule has 0 aliphatic rings. The summed E-state index contributed by atoms with van der Waals surface area (Å²) in [6.07, 6.45) is -5.96. The van der Waals surface area contributed by atoms with Crippen molar-refractivity contribution >= 4 is 16.8 Å². The Kier molecular flexibility index (Phi) is 4.38. The van der Waals surface area contributed by atoms with E-state index in [0.717, 1.165) is 12.3 Å². The van der Waals surface area contributed by atoms with Crippen molar-refractivity contribution in [3.8, 4) is 0 Å². The predicted molar refractivity (Wildman–Crippen MR) is 69.3 cm³/mol. The Hall–Kier alpha value is -2.10. The molecule has 2 rings (SSSR count). The van der Waals surface area contributed by atoms with E-state index in [0.29, 0.717) is 0 Å². The van der Waals surface area contributed by atoms with Crippen LogP contribution in [0, 0.1) is 0 Å². The number of para-hydroxylation sites is 1. The zero-order chi connectivity index (χ0) is 18.3. The van der Waals surface area contributed by atoms with Crippen molar-refractivity contribution < 1.29 is 40.6 Å². The van der Waals surface area contributed by atoms with Gasteiger partial charge in [0, 0.05) is 18.2 Å². The Morgan fingerprint density at radius 3 is 2.17 bits per heavy atom. The fourth-order valence-electron chi connectivity index (χ4n) is 2.20. The summed E-state index contributed by atoms with van der Waals surface area (Å²) >= 11 is 0. The van der Waals surface area contributed by atoms with Crippen LogP contribution in [0.1, 0.15) is 10.4 Å². The number of fused-ring (bicyclic) bond motifs is 1. The molecule has 0 atom stereocenters. The van der Waals surface area contributed by atoms with Gasteiger partial charge in [-0.05, 0) is 18.1 Å². The van der Waals surface area contributed by atoms with Crippen LogP contribution < -0.4 is 0 Å². The molecule has 1 heterocycles. The Morgan fingerprint density at radius 1 is 1.04 bits per heavy atom. The first-order chi connectivity index (χ1) is 10.9. The summed E-state index contributed by atoms with van der Waals surface area (Å²) < 4.78 is 90.0. The van der Waals surface area contributed by atoms with Crippen molar-refractivity contribution in [1.82, 2.24) is 4.57 Å². The lowest BCUT2D eigenvalue weighted by Gasteiger charge is -2.27. The monoisotopic (exact) mass is 357 g/mol. The highest BCUT2D eigenvalue weighted by Gasteiger charge is 2.76. The third-order valence-electron chi connectivity index (χ3n) is 3.41. The Morgan fingerprint density at radius 2 is 1.62 bits per heavy atom. The van der Waals surface area contributed by atoms with Gasteiger partial charge < -0.3 is 5.11 Å². The third-order valence-corrected chi connectivity index (χ3v) is 3.41. The van der Waals surface area contributed by atoms with Crippen LogP contribution in [0.4, 0.5) is 30.7 Å². The highest BCUT2D eigenvalue weighted by atomic mass is 19.4. The number of aliphatic hydroxyl groups is 1. The lowest BCUT2D eigenvalue weighted by Crippen LogP contribution is -2.57. The predicted octanol–water partition coefficient (Wildman–Crippen LogP) is 3.65. The molecule has 1 aromatic heterocycles. The van der Waals surface area contributed by atoms with Gasteiger partial charge in [-0.25, -0.2) is 0 Å². The number of carbonyl (C=O) groups is 1. The van der Waals surface area contributed by atoms with Crippen LogP contribution in [0.15, 0.2) is 30.5 Å². The summed E-state index contributed by atoms with van der Waals surface area (Å²) in [4.78, 5) is 11.8. The summed E-state index contributed by atoms with van der Waals surface area (Å²) in [5.41, 5.74) is -0.101. The summed E-state index contributed by atoms with van der Waals surface area (Å²) in [7, 11) is 0. The van der Waals surface area contributed by atoms with Crippen molar-refractivity contribution in [3.05, 3.63) is 36.0 Å². The van der Waals surface area contributed by atoms with Gasteiger partial charge in [0.15, 0.2) is 0 Å². The Labute approximate surface area is 130 Å². The van der Waals surface area contributed by atoms with Gasteiger partial charge in [-0.3, -0.25) is 9.36 Å². The highest BCUT2D eigenvalue weighted by molar-refractivity contribution is 5.98. The average molecular weight is 357 g/mol. The molecule has 0 fully saturated rings. The molecule has 0 radical (unpaired) electrons. The summed E-state index contributed by atoms with van der Waals surface area (Å²) in [6, 6.07) is 5.25. The zero-order valence-corrected chi connectivity index (χ0v) is 11.7. The largest absolute Gasteiger partial charge is 0.460 e. The topological polar surface area (TPSA) is 42.2 Å². The average Bonchev–Trinajstić information content (AvgIpc) is 2.84. The molecule has 0 spiro atoms. The maximum Gasteiger partial charge on any atom is 0.460 e. The number of halogens is 7. The SMILES string of the molecule is O=C(n1cc(CCO)c2ccccc21)C(F)(F)C(F)(F)C(F)(F)F. The highest BCUT2D eigenvalue weighted by Crippen LogP contribution is 2.47. The van der Waals surface area contributed by atoms with Crippen LogP contribution >= 0.6 is 0 Å². The number of alkyl halides is 7. The van der Waals surface area contributed by atoms with E-state index in [9.17, 15) is 35.5 Å². The number of nitrogens with zero attached hydrogens (tertiary/aromatic N) is 1. The lowest BCUT2D eigenvalue weighted by atomic mass is 10.1. The molecule has 0 aliphatic heterocycles. The van der Waals surface area contributed by atoms with Gasteiger partial charge in [-0.1, -0.05) is 18.2 Å². The van der Waals surface area contributed by atoms with Crippen molar-refractivity contribution in [2.24, 2.45) is 0 Å². The van der Waals surface area contributed by atoms with E-state index < -0.39 is 30.5 Å². The van der Waals surface area contributed by atoms with E-state index in [4.69, 9.17) is 5.11 Å². The minimum absolute atomic E-state index is 0.0555. The fraction of sp³-hybridized carbons (Fsp3) is 0.357. The maximum absolute atomic E-state index is 13.6. The molecule has 2 aromatic rings. The van der Waals surface area contributed by atoms with E-state index in [1.807, 2.05) is 0 Å². The molecule has 0 saturated heterocycles. The van der Waals surface area contributed by atoms with Gasteiger partial charge in [0.2, 0.25) is 0 Å².